The molecule has 8 heteroatoms. The number of sulfonamides is 1. The van der Waals surface area contributed by atoms with Gasteiger partial charge in [0.05, 0.1) is 23.3 Å². The van der Waals surface area contributed by atoms with E-state index in [9.17, 15) is 18.0 Å². The number of aryl methyl sites for hydroxylation is 1. The van der Waals surface area contributed by atoms with Crippen molar-refractivity contribution < 1.29 is 22.7 Å². The molecule has 0 radical (unpaired) electrons. The Labute approximate surface area is 151 Å². The second-order valence-electron chi connectivity index (χ2n) is 5.89. The van der Waals surface area contributed by atoms with Crippen LogP contribution in [0.5, 0.6) is 0 Å². The highest BCUT2D eigenvalue weighted by molar-refractivity contribution is 7.92. The molecule has 1 aliphatic rings. The summed E-state index contributed by atoms with van der Waals surface area (Å²) in [4.78, 5) is 25.2. The van der Waals surface area contributed by atoms with E-state index in [4.69, 9.17) is 0 Å². The predicted octanol–water partition coefficient (Wildman–Crippen LogP) is 2.18. The summed E-state index contributed by atoms with van der Waals surface area (Å²) in [6, 6.07) is 10.8. The maximum absolute atomic E-state index is 12.8. The minimum Gasteiger partial charge on any atom is -0.465 e. The van der Waals surface area contributed by atoms with Crippen LogP contribution in [-0.2, 0) is 26.0 Å². The first-order valence-electron chi connectivity index (χ1n) is 7.93. The Morgan fingerprint density at radius 1 is 1.15 bits per heavy atom. The van der Waals surface area contributed by atoms with E-state index in [1.807, 2.05) is 0 Å². The summed E-state index contributed by atoms with van der Waals surface area (Å²) < 4.78 is 32.6. The highest BCUT2D eigenvalue weighted by Gasteiger charge is 2.24. The number of para-hydroxylation sites is 1. The molecular weight excluding hydrogens is 356 g/mol. The summed E-state index contributed by atoms with van der Waals surface area (Å²) >= 11 is 0. The van der Waals surface area contributed by atoms with Crippen molar-refractivity contribution >= 4 is 33.3 Å². The number of hydrogen-bond acceptors (Lipinski definition) is 5. The molecule has 0 bridgehead atoms. The van der Waals surface area contributed by atoms with Gasteiger partial charge < -0.3 is 9.64 Å². The molecule has 1 N–H and O–H groups in total. The Morgan fingerprint density at radius 2 is 1.88 bits per heavy atom. The molecule has 0 aliphatic carbocycles. The van der Waals surface area contributed by atoms with Crippen LogP contribution in [0.2, 0.25) is 0 Å². The molecule has 3 rings (SSSR count). The number of nitrogens with one attached hydrogen (secondary N) is 1. The van der Waals surface area contributed by atoms with E-state index in [1.165, 1.54) is 30.2 Å². The molecule has 2 aromatic rings. The van der Waals surface area contributed by atoms with E-state index in [0.717, 1.165) is 5.56 Å². The first-order valence-corrected chi connectivity index (χ1v) is 9.41. The van der Waals surface area contributed by atoms with Crippen molar-refractivity contribution in [3.8, 4) is 0 Å². The monoisotopic (exact) mass is 374 g/mol. The molecule has 136 valence electrons. The molecule has 0 saturated carbocycles. The van der Waals surface area contributed by atoms with Crippen molar-refractivity contribution in [1.29, 1.82) is 0 Å². The topological polar surface area (TPSA) is 92.8 Å². The van der Waals surface area contributed by atoms with Crippen molar-refractivity contribution in [1.82, 2.24) is 0 Å². The van der Waals surface area contributed by atoms with Crippen LogP contribution in [0.1, 0.15) is 22.3 Å². The van der Waals surface area contributed by atoms with Gasteiger partial charge in [0, 0.05) is 19.2 Å². The van der Waals surface area contributed by atoms with Gasteiger partial charge in [-0.25, -0.2) is 13.2 Å². The van der Waals surface area contributed by atoms with Gasteiger partial charge in [0.15, 0.2) is 0 Å². The SMILES string of the molecule is COC(=O)c1ccccc1NS(=O)(=O)c1ccc2c(c1)CCC(=O)N2C. The number of ether oxygens (including phenoxy) is 1. The first-order chi connectivity index (χ1) is 12.3. The predicted molar refractivity (Wildman–Crippen MR) is 96.8 cm³/mol. The summed E-state index contributed by atoms with van der Waals surface area (Å²) in [6.45, 7) is 0. The van der Waals surface area contributed by atoms with Gasteiger partial charge in [0.25, 0.3) is 10.0 Å². The molecule has 0 unspecified atom stereocenters. The van der Waals surface area contributed by atoms with E-state index in [1.54, 1.807) is 31.3 Å². The Balaban J connectivity index is 1.95. The quantitative estimate of drug-likeness (QED) is 0.828. The number of hydrogen-bond donors (Lipinski definition) is 1. The van der Waals surface area contributed by atoms with Crippen molar-refractivity contribution in [2.24, 2.45) is 0 Å². The molecule has 0 saturated heterocycles. The van der Waals surface area contributed by atoms with E-state index in [2.05, 4.69) is 9.46 Å². The summed E-state index contributed by atoms with van der Waals surface area (Å²) in [5.74, 6) is -0.632. The summed E-state index contributed by atoms with van der Waals surface area (Å²) in [5, 5.41) is 0. The highest BCUT2D eigenvalue weighted by atomic mass is 32.2. The average molecular weight is 374 g/mol. The Morgan fingerprint density at radius 3 is 2.62 bits per heavy atom. The number of carbonyl (C=O) groups excluding carboxylic acids is 2. The molecule has 1 amide bonds. The molecule has 7 nitrogen and oxygen atoms in total. The molecule has 0 atom stereocenters. The van der Waals surface area contributed by atoms with Crippen LogP contribution >= 0.6 is 0 Å². The lowest BCUT2D eigenvalue weighted by atomic mass is 10.0. The number of methoxy groups -OCH3 is 1. The number of amides is 1. The van der Waals surface area contributed by atoms with Crippen LogP contribution in [0.15, 0.2) is 47.4 Å². The van der Waals surface area contributed by atoms with Gasteiger partial charge in [-0.05, 0) is 42.3 Å². The highest BCUT2D eigenvalue weighted by Crippen LogP contribution is 2.30. The van der Waals surface area contributed by atoms with Crippen LogP contribution < -0.4 is 9.62 Å². The third-order valence-electron chi connectivity index (χ3n) is 4.28. The first kappa shape index (κ1) is 17.9. The number of nitrogens with zero attached hydrogens (tertiary/aromatic N) is 1. The molecule has 0 aromatic heterocycles. The number of rotatable bonds is 4. The second kappa shape index (κ2) is 6.80. The van der Waals surface area contributed by atoms with Crippen LogP contribution in [0.25, 0.3) is 0 Å². The van der Waals surface area contributed by atoms with E-state index in [-0.39, 0.29) is 22.1 Å². The molecule has 26 heavy (non-hydrogen) atoms. The Kier molecular flexibility index (Phi) is 4.69. The smallest absolute Gasteiger partial charge is 0.339 e. The average Bonchev–Trinajstić information content (AvgIpc) is 2.64. The number of fused-ring (bicyclic) bond motifs is 1. The normalized spacial score (nSPS) is 13.9. The van der Waals surface area contributed by atoms with Gasteiger partial charge in [0.2, 0.25) is 5.91 Å². The van der Waals surface area contributed by atoms with Crippen molar-refractivity contribution in [3.63, 3.8) is 0 Å². The van der Waals surface area contributed by atoms with Gasteiger partial charge >= 0.3 is 5.97 Å². The molecular formula is C18H18N2O5S. The summed E-state index contributed by atoms with van der Waals surface area (Å²) in [6.07, 6.45) is 0.826. The van der Waals surface area contributed by atoms with Crippen LogP contribution in [0.4, 0.5) is 11.4 Å². The molecule has 0 spiro atoms. The van der Waals surface area contributed by atoms with E-state index in [0.29, 0.717) is 18.5 Å². The lowest BCUT2D eigenvalue weighted by molar-refractivity contribution is -0.118. The summed E-state index contributed by atoms with van der Waals surface area (Å²) in [7, 11) is -1.01. The standard InChI is InChI=1S/C18H18N2O5S/c1-20-16-9-8-13(11-12(16)7-10-17(20)21)26(23,24)19-15-6-4-3-5-14(15)18(22)25-2/h3-6,8-9,11,19H,7,10H2,1-2H3. The molecule has 2 aromatic carbocycles. The fraction of sp³-hybridized carbons (Fsp3) is 0.222. The number of esters is 1. The minimum atomic E-state index is -3.90. The van der Waals surface area contributed by atoms with Gasteiger partial charge in [-0.3, -0.25) is 9.52 Å². The lowest BCUT2D eigenvalue weighted by Crippen LogP contribution is -2.31. The number of benzene rings is 2. The van der Waals surface area contributed by atoms with Crippen LogP contribution in [0, 0.1) is 0 Å². The van der Waals surface area contributed by atoms with Gasteiger partial charge in [-0.1, -0.05) is 12.1 Å². The van der Waals surface area contributed by atoms with E-state index >= 15 is 0 Å². The van der Waals surface area contributed by atoms with Gasteiger partial charge in [-0.2, -0.15) is 0 Å². The van der Waals surface area contributed by atoms with Gasteiger partial charge in [0.1, 0.15) is 0 Å². The summed E-state index contributed by atoms with van der Waals surface area (Å²) in [5.41, 5.74) is 1.76. The maximum atomic E-state index is 12.8. The van der Waals surface area contributed by atoms with Crippen molar-refractivity contribution in [2.45, 2.75) is 17.7 Å². The second-order valence-corrected chi connectivity index (χ2v) is 7.57. The molecule has 1 aliphatic heterocycles. The third kappa shape index (κ3) is 3.28. The largest absolute Gasteiger partial charge is 0.465 e. The van der Waals surface area contributed by atoms with Crippen LogP contribution in [0.3, 0.4) is 0 Å². The zero-order chi connectivity index (χ0) is 18.9. The third-order valence-corrected chi connectivity index (χ3v) is 5.64. The number of anilines is 2. The Hall–Kier alpha value is -2.87. The maximum Gasteiger partial charge on any atom is 0.339 e. The van der Waals surface area contributed by atoms with Gasteiger partial charge in [-0.15, -0.1) is 0 Å². The zero-order valence-corrected chi connectivity index (χ0v) is 15.2. The van der Waals surface area contributed by atoms with Crippen molar-refractivity contribution in [2.75, 3.05) is 23.8 Å². The minimum absolute atomic E-state index is 0.00163. The van der Waals surface area contributed by atoms with E-state index < -0.39 is 16.0 Å². The number of carbonyl (C=O) groups is 2. The Bertz CT molecular complexity index is 985. The molecule has 0 fully saturated rings. The fourth-order valence-electron chi connectivity index (χ4n) is 2.86. The van der Waals surface area contributed by atoms with Crippen molar-refractivity contribution in [3.05, 3.63) is 53.6 Å². The zero-order valence-electron chi connectivity index (χ0n) is 14.4. The van der Waals surface area contributed by atoms with Crippen LogP contribution in [-0.4, -0.2) is 34.5 Å². The lowest BCUT2D eigenvalue weighted by Gasteiger charge is -2.26. The fourth-order valence-corrected chi connectivity index (χ4v) is 3.99. The molecule has 1 heterocycles.